The van der Waals surface area contributed by atoms with Crippen molar-refractivity contribution in [3.8, 4) is 0 Å². The molecule has 2 amide bonds. The van der Waals surface area contributed by atoms with Gasteiger partial charge in [0.25, 0.3) is 0 Å². The average molecular weight is 331 g/mol. The molecule has 2 atom stereocenters. The molecule has 0 saturated heterocycles. The van der Waals surface area contributed by atoms with Crippen molar-refractivity contribution < 1.29 is 9.59 Å². The minimum atomic E-state index is -0.636. The van der Waals surface area contributed by atoms with Crippen molar-refractivity contribution >= 4 is 35.0 Å². The maximum Gasteiger partial charge on any atom is 0.240 e. The van der Waals surface area contributed by atoms with Crippen molar-refractivity contribution in [2.45, 2.75) is 39.2 Å². The summed E-state index contributed by atoms with van der Waals surface area (Å²) in [5.41, 5.74) is 6.16. The first-order chi connectivity index (χ1) is 9.85. The Morgan fingerprint density at radius 1 is 1.33 bits per heavy atom. The third kappa shape index (κ3) is 5.56. The van der Waals surface area contributed by atoms with Crippen molar-refractivity contribution in [3.63, 3.8) is 0 Å². The number of amides is 2. The fraction of sp³-hybridized carbons (Fsp3) is 0.467. The molecular formula is C15H20Cl2N2O2. The predicted molar refractivity (Wildman–Crippen MR) is 85.4 cm³/mol. The molecule has 1 aromatic carbocycles. The number of benzene rings is 1. The minimum absolute atomic E-state index is 0.00516. The minimum Gasteiger partial charge on any atom is -0.368 e. The van der Waals surface area contributed by atoms with E-state index in [1.54, 1.807) is 18.2 Å². The monoisotopic (exact) mass is 330 g/mol. The molecule has 0 radical (unpaired) electrons. The summed E-state index contributed by atoms with van der Waals surface area (Å²) in [6.07, 6.45) is 1.48. The lowest BCUT2D eigenvalue weighted by Crippen LogP contribution is -2.48. The molecule has 3 N–H and O–H groups in total. The number of nitrogens with two attached hydrogens (primary N) is 1. The van der Waals surface area contributed by atoms with Gasteiger partial charge in [0.1, 0.15) is 6.04 Å². The van der Waals surface area contributed by atoms with Crippen molar-refractivity contribution in [1.29, 1.82) is 0 Å². The highest BCUT2D eigenvalue weighted by Gasteiger charge is 2.23. The maximum atomic E-state index is 11.9. The van der Waals surface area contributed by atoms with Crippen LogP contribution in [-0.4, -0.2) is 17.9 Å². The van der Waals surface area contributed by atoms with Gasteiger partial charge in [0.05, 0.1) is 0 Å². The summed E-state index contributed by atoms with van der Waals surface area (Å²) < 4.78 is 0. The standard InChI is InChI=1S/C15H20Cl2N2O2/c1-3-9(2)14(15(18)21)19-13(20)7-5-10-4-6-11(16)8-12(10)17/h4,6,8-9,14H,3,5,7H2,1-2H3,(H2,18,21)(H,19,20). The van der Waals surface area contributed by atoms with Crippen molar-refractivity contribution in [2.24, 2.45) is 11.7 Å². The Bertz CT molecular complexity index is 520. The van der Waals surface area contributed by atoms with Crippen LogP contribution in [0, 0.1) is 5.92 Å². The molecule has 0 heterocycles. The Morgan fingerprint density at radius 2 is 2.00 bits per heavy atom. The van der Waals surface area contributed by atoms with E-state index in [-0.39, 0.29) is 18.2 Å². The molecule has 2 unspecified atom stereocenters. The third-order valence-electron chi connectivity index (χ3n) is 3.47. The molecular weight excluding hydrogens is 311 g/mol. The third-order valence-corrected chi connectivity index (χ3v) is 4.06. The van der Waals surface area contributed by atoms with E-state index in [2.05, 4.69) is 5.32 Å². The summed E-state index contributed by atoms with van der Waals surface area (Å²) >= 11 is 11.9. The fourth-order valence-electron chi connectivity index (χ4n) is 1.95. The van der Waals surface area contributed by atoms with E-state index < -0.39 is 11.9 Å². The molecule has 0 bridgehead atoms. The van der Waals surface area contributed by atoms with E-state index in [9.17, 15) is 9.59 Å². The molecule has 1 rings (SSSR count). The number of carbonyl (C=O) groups excluding carboxylic acids is 2. The van der Waals surface area contributed by atoms with Crippen LogP contribution in [0.4, 0.5) is 0 Å². The second kappa shape index (κ2) is 8.25. The van der Waals surface area contributed by atoms with Crippen LogP contribution in [0.25, 0.3) is 0 Å². The summed E-state index contributed by atoms with van der Waals surface area (Å²) in [5, 5.41) is 3.77. The van der Waals surface area contributed by atoms with Gasteiger partial charge in [-0.05, 0) is 30.0 Å². The zero-order valence-electron chi connectivity index (χ0n) is 12.2. The number of hydrogen-bond acceptors (Lipinski definition) is 2. The highest BCUT2D eigenvalue weighted by molar-refractivity contribution is 6.35. The van der Waals surface area contributed by atoms with Crippen molar-refractivity contribution in [2.75, 3.05) is 0 Å². The topological polar surface area (TPSA) is 72.2 Å². The largest absolute Gasteiger partial charge is 0.368 e. The quantitative estimate of drug-likeness (QED) is 0.806. The van der Waals surface area contributed by atoms with Gasteiger partial charge >= 0.3 is 0 Å². The molecule has 6 heteroatoms. The smallest absolute Gasteiger partial charge is 0.240 e. The number of aryl methyl sites for hydroxylation is 1. The molecule has 1 aromatic rings. The zero-order valence-corrected chi connectivity index (χ0v) is 13.7. The zero-order chi connectivity index (χ0) is 16.0. The van der Waals surface area contributed by atoms with Gasteiger partial charge in [-0.1, -0.05) is 49.5 Å². The maximum absolute atomic E-state index is 11.9. The second-order valence-electron chi connectivity index (χ2n) is 5.07. The molecule has 0 spiro atoms. The van der Waals surface area contributed by atoms with Gasteiger partial charge in [0, 0.05) is 16.5 Å². The highest BCUT2D eigenvalue weighted by Crippen LogP contribution is 2.22. The summed E-state index contributed by atoms with van der Waals surface area (Å²) in [6, 6.07) is 4.52. The highest BCUT2D eigenvalue weighted by atomic mass is 35.5. The number of carbonyl (C=O) groups is 2. The lowest BCUT2D eigenvalue weighted by atomic mass is 9.98. The summed E-state index contributed by atoms with van der Waals surface area (Å²) in [5.74, 6) is -0.724. The number of primary amides is 1. The summed E-state index contributed by atoms with van der Waals surface area (Å²) in [7, 11) is 0. The van der Waals surface area contributed by atoms with Crippen LogP contribution in [0.5, 0.6) is 0 Å². The Kier molecular flexibility index (Phi) is 6.99. The molecule has 0 aromatic heterocycles. The first-order valence-electron chi connectivity index (χ1n) is 6.87. The van der Waals surface area contributed by atoms with Crippen LogP contribution in [-0.2, 0) is 16.0 Å². The van der Waals surface area contributed by atoms with Gasteiger partial charge in [-0.3, -0.25) is 9.59 Å². The van der Waals surface area contributed by atoms with E-state index in [0.717, 1.165) is 12.0 Å². The van der Waals surface area contributed by atoms with Crippen molar-refractivity contribution in [1.82, 2.24) is 5.32 Å². The summed E-state index contributed by atoms with van der Waals surface area (Å²) in [6.45, 7) is 3.83. The van der Waals surface area contributed by atoms with Gasteiger partial charge in [-0.25, -0.2) is 0 Å². The van der Waals surface area contributed by atoms with E-state index >= 15 is 0 Å². The van der Waals surface area contributed by atoms with Crippen LogP contribution in [0.15, 0.2) is 18.2 Å². The first-order valence-corrected chi connectivity index (χ1v) is 7.63. The molecule has 21 heavy (non-hydrogen) atoms. The van der Waals surface area contributed by atoms with Crippen LogP contribution in [0.2, 0.25) is 10.0 Å². The summed E-state index contributed by atoms with van der Waals surface area (Å²) in [4.78, 5) is 23.3. The Hall–Kier alpha value is -1.26. The molecule has 4 nitrogen and oxygen atoms in total. The van der Waals surface area contributed by atoms with E-state index in [0.29, 0.717) is 16.5 Å². The normalized spacial score (nSPS) is 13.5. The molecule has 0 aliphatic carbocycles. The molecule has 0 aliphatic heterocycles. The van der Waals surface area contributed by atoms with Gasteiger partial charge in [-0.15, -0.1) is 0 Å². The Morgan fingerprint density at radius 3 is 2.52 bits per heavy atom. The lowest BCUT2D eigenvalue weighted by Gasteiger charge is -2.21. The molecule has 0 saturated carbocycles. The predicted octanol–water partition coefficient (Wildman–Crippen LogP) is 2.94. The van der Waals surface area contributed by atoms with E-state index in [4.69, 9.17) is 28.9 Å². The van der Waals surface area contributed by atoms with E-state index in [1.165, 1.54) is 0 Å². The molecule has 0 aliphatic rings. The van der Waals surface area contributed by atoms with Gasteiger partial charge in [0.2, 0.25) is 11.8 Å². The number of rotatable bonds is 7. The van der Waals surface area contributed by atoms with E-state index in [1.807, 2.05) is 13.8 Å². The molecule has 0 fully saturated rings. The average Bonchev–Trinajstić information content (AvgIpc) is 2.42. The van der Waals surface area contributed by atoms with Gasteiger partial charge in [-0.2, -0.15) is 0 Å². The van der Waals surface area contributed by atoms with Crippen molar-refractivity contribution in [3.05, 3.63) is 33.8 Å². The lowest BCUT2D eigenvalue weighted by molar-refractivity contribution is -0.128. The SMILES string of the molecule is CCC(C)C(NC(=O)CCc1ccc(Cl)cc1Cl)C(N)=O. The van der Waals surface area contributed by atoms with Crippen LogP contribution < -0.4 is 11.1 Å². The Labute approximate surface area is 135 Å². The van der Waals surface area contributed by atoms with Gasteiger partial charge < -0.3 is 11.1 Å². The number of halogens is 2. The van der Waals surface area contributed by atoms with Crippen LogP contribution in [0.3, 0.4) is 0 Å². The number of nitrogens with one attached hydrogen (secondary N) is 1. The van der Waals surface area contributed by atoms with Crippen LogP contribution in [0.1, 0.15) is 32.3 Å². The second-order valence-corrected chi connectivity index (χ2v) is 5.91. The molecule has 116 valence electrons. The number of hydrogen-bond donors (Lipinski definition) is 2. The fourth-order valence-corrected chi connectivity index (χ4v) is 2.45. The Balaban J connectivity index is 2.58. The van der Waals surface area contributed by atoms with Gasteiger partial charge in [0.15, 0.2) is 0 Å². The first kappa shape index (κ1) is 17.8. The van der Waals surface area contributed by atoms with Crippen LogP contribution >= 0.6 is 23.2 Å².